The smallest absolute Gasteiger partial charge is 0.351 e. The van der Waals surface area contributed by atoms with E-state index in [1.165, 1.54) is 9.80 Å². The lowest BCUT2D eigenvalue weighted by Crippen LogP contribution is -2.54. The third-order valence-electron chi connectivity index (χ3n) is 8.14. The van der Waals surface area contributed by atoms with Crippen LogP contribution in [0.5, 0.6) is 0 Å². The Morgan fingerprint density at radius 2 is 1.67 bits per heavy atom. The maximum atomic E-state index is 14.6. The number of nitrogens with zero attached hydrogens (tertiary/aromatic N) is 5. The lowest BCUT2D eigenvalue weighted by Gasteiger charge is -2.31. The van der Waals surface area contributed by atoms with E-state index >= 15 is 0 Å². The van der Waals surface area contributed by atoms with Crippen LogP contribution in [0.2, 0.25) is 0 Å². The molecule has 3 aromatic rings. The minimum Gasteiger partial charge on any atom is -0.351 e. The van der Waals surface area contributed by atoms with Crippen LogP contribution in [0, 0.1) is 17.5 Å². The first kappa shape index (κ1) is 32.9. The summed E-state index contributed by atoms with van der Waals surface area (Å²) in [5.41, 5.74) is 6.71. The van der Waals surface area contributed by atoms with Gasteiger partial charge in [-0.05, 0) is 42.9 Å². The van der Waals surface area contributed by atoms with Crippen molar-refractivity contribution in [2.24, 2.45) is 5.73 Å². The van der Waals surface area contributed by atoms with E-state index in [1.54, 1.807) is 0 Å². The average Bonchev–Trinajstić information content (AvgIpc) is 3.67. The summed E-state index contributed by atoms with van der Waals surface area (Å²) >= 11 is 0. The summed E-state index contributed by atoms with van der Waals surface area (Å²) in [5, 5.41) is 9.41. The molecule has 0 spiro atoms. The predicted octanol–water partition coefficient (Wildman–Crippen LogP) is 2.74. The molecule has 3 atom stereocenters. The monoisotopic (exact) mass is 651 g/mol. The fraction of sp³-hybridized carbons (Fsp3) is 0.433. The molecular weight excluding hydrogens is 620 g/mol. The molecule has 2 aliphatic rings. The summed E-state index contributed by atoms with van der Waals surface area (Å²) in [4.78, 5) is 42.7. The Balaban J connectivity index is 1.31. The van der Waals surface area contributed by atoms with Gasteiger partial charge in [-0.25, -0.2) is 13.2 Å². The van der Waals surface area contributed by atoms with Crippen molar-refractivity contribution in [1.29, 1.82) is 0 Å². The Kier molecular flexibility index (Phi) is 9.65. The van der Waals surface area contributed by atoms with Gasteiger partial charge in [0.15, 0.2) is 17.5 Å². The molecule has 3 amide bonds. The molecule has 1 saturated heterocycles. The van der Waals surface area contributed by atoms with Crippen molar-refractivity contribution < 1.29 is 40.7 Å². The number of benzene rings is 2. The molecule has 0 bridgehead atoms. The highest BCUT2D eigenvalue weighted by atomic mass is 19.4. The van der Waals surface area contributed by atoms with Crippen molar-refractivity contribution in [1.82, 2.24) is 29.9 Å². The minimum absolute atomic E-state index is 0.0916. The van der Waals surface area contributed by atoms with Crippen LogP contribution in [-0.4, -0.2) is 73.5 Å². The number of carbonyl (C=O) groups excluding carboxylic acids is 3. The van der Waals surface area contributed by atoms with Crippen LogP contribution in [0.4, 0.5) is 26.3 Å². The van der Waals surface area contributed by atoms with Crippen LogP contribution < -0.4 is 11.1 Å². The lowest BCUT2D eigenvalue weighted by molar-refractivity contribution is -0.148. The summed E-state index contributed by atoms with van der Waals surface area (Å²) in [6.07, 6.45) is -4.58. The zero-order valence-electron chi connectivity index (χ0n) is 24.4. The zero-order valence-corrected chi connectivity index (χ0v) is 24.4. The van der Waals surface area contributed by atoms with Crippen LogP contribution in [0.1, 0.15) is 42.0 Å². The Hall–Kier alpha value is -4.47. The molecular formula is C30H31F6N7O3. The van der Waals surface area contributed by atoms with Crippen LogP contribution in [0.3, 0.4) is 0 Å². The number of hydrogen-bond acceptors (Lipinski definition) is 6. The summed E-state index contributed by atoms with van der Waals surface area (Å²) in [7, 11) is 0. The Bertz CT molecular complexity index is 1600. The SMILES string of the molecule is NC(Cc1ccccc1)C(=O)N1CCCC1C(=O)N[C@@H](CC(=O)N1CCn2c(nnc2C(F)(F)F)C1)Cc1cc(F)c(F)cc1F. The second-order valence-electron chi connectivity index (χ2n) is 11.4. The molecule has 246 valence electrons. The quantitative estimate of drug-likeness (QED) is 0.271. The second kappa shape index (κ2) is 13.5. The van der Waals surface area contributed by atoms with E-state index < -0.39 is 78.1 Å². The molecule has 2 unspecified atom stereocenters. The molecule has 2 aromatic carbocycles. The summed E-state index contributed by atoms with van der Waals surface area (Å²) in [5.74, 6) is -6.83. The molecule has 5 rings (SSSR count). The van der Waals surface area contributed by atoms with E-state index in [0.29, 0.717) is 25.0 Å². The van der Waals surface area contributed by atoms with Gasteiger partial charge >= 0.3 is 6.18 Å². The first-order valence-corrected chi connectivity index (χ1v) is 14.6. The number of nitrogens with one attached hydrogen (secondary N) is 1. The van der Waals surface area contributed by atoms with Gasteiger partial charge in [0.25, 0.3) is 0 Å². The molecule has 0 saturated carbocycles. The molecule has 2 aliphatic heterocycles. The van der Waals surface area contributed by atoms with Gasteiger partial charge < -0.3 is 25.4 Å². The largest absolute Gasteiger partial charge is 0.451 e. The second-order valence-corrected chi connectivity index (χ2v) is 11.4. The maximum absolute atomic E-state index is 14.6. The normalized spacial score (nSPS) is 17.8. The number of halogens is 6. The summed E-state index contributed by atoms with van der Waals surface area (Å²) < 4.78 is 82.8. The lowest BCUT2D eigenvalue weighted by atomic mass is 10.0. The number of fused-ring (bicyclic) bond motifs is 1. The van der Waals surface area contributed by atoms with Crippen molar-refractivity contribution >= 4 is 17.7 Å². The fourth-order valence-corrected chi connectivity index (χ4v) is 5.85. The fourth-order valence-electron chi connectivity index (χ4n) is 5.85. The van der Waals surface area contributed by atoms with Crippen molar-refractivity contribution in [2.45, 2.75) is 69.5 Å². The summed E-state index contributed by atoms with van der Waals surface area (Å²) in [6.45, 7) is -0.404. The van der Waals surface area contributed by atoms with E-state index in [9.17, 15) is 40.7 Å². The Labute approximate surface area is 259 Å². The van der Waals surface area contributed by atoms with E-state index in [2.05, 4.69) is 15.5 Å². The highest BCUT2D eigenvalue weighted by Crippen LogP contribution is 2.30. The van der Waals surface area contributed by atoms with Crippen molar-refractivity contribution in [3.05, 3.63) is 82.7 Å². The number of hydrogen-bond donors (Lipinski definition) is 2. The third kappa shape index (κ3) is 7.32. The van der Waals surface area contributed by atoms with Gasteiger partial charge in [-0.2, -0.15) is 13.2 Å². The van der Waals surface area contributed by atoms with Crippen molar-refractivity contribution in [2.75, 3.05) is 13.1 Å². The van der Waals surface area contributed by atoms with Gasteiger partial charge in [-0.15, -0.1) is 10.2 Å². The van der Waals surface area contributed by atoms with Crippen molar-refractivity contribution in [3.8, 4) is 0 Å². The number of carbonyl (C=O) groups is 3. The van der Waals surface area contributed by atoms with Crippen LogP contribution in [0.15, 0.2) is 42.5 Å². The Morgan fingerprint density at radius 3 is 2.39 bits per heavy atom. The topological polar surface area (TPSA) is 126 Å². The summed E-state index contributed by atoms with van der Waals surface area (Å²) in [6, 6.07) is 7.04. The minimum atomic E-state index is -4.73. The third-order valence-corrected chi connectivity index (χ3v) is 8.14. The van der Waals surface area contributed by atoms with Gasteiger partial charge in [0.1, 0.15) is 11.9 Å². The zero-order chi connectivity index (χ0) is 33.2. The molecule has 46 heavy (non-hydrogen) atoms. The highest BCUT2D eigenvalue weighted by Gasteiger charge is 2.41. The number of amides is 3. The van der Waals surface area contributed by atoms with E-state index in [4.69, 9.17) is 5.73 Å². The van der Waals surface area contributed by atoms with Gasteiger partial charge in [0, 0.05) is 38.2 Å². The van der Waals surface area contributed by atoms with Crippen LogP contribution in [-0.2, 0) is 46.5 Å². The first-order chi connectivity index (χ1) is 21.8. The van der Waals surface area contributed by atoms with Gasteiger partial charge in [-0.3, -0.25) is 14.4 Å². The molecule has 16 heteroatoms. The highest BCUT2D eigenvalue weighted by molar-refractivity contribution is 5.91. The maximum Gasteiger partial charge on any atom is 0.451 e. The van der Waals surface area contributed by atoms with Crippen LogP contribution in [0.25, 0.3) is 0 Å². The van der Waals surface area contributed by atoms with Gasteiger partial charge in [0.2, 0.25) is 23.5 Å². The Morgan fingerprint density at radius 1 is 0.957 bits per heavy atom. The molecule has 3 N–H and O–H groups in total. The van der Waals surface area contributed by atoms with Gasteiger partial charge in [0.05, 0.1) is 12.6 Å². The number of nitrogens with two attached hydrogens (primary N) is 1. The standard InChI is InChI=1S/C30H31F6N7O3/c31-20-15-22(33)21(32)13-18(20)12-19(14-26(44)41-9-10-43-25(16-41)39-40-29(43)30(34,35)36)38-27(45)24-7-4-8-42(24)28(46)23(37)11-17-5-2-1-3-6-17/h1-3,5-6,13,15,19,23-24H,4,7-12,14,16,37H2,(H,38,45)/t19-,23?,24?/m1/s1. The van der Waals surface area contributed by atoms with Gasteiger partial charge in [-0.1, -0.05) is 30.3 Å². The number of rotatable bonds is 9. The number of likely N-dealkylation sites (tertiary alicyclic amines) is 1. The molecule has 1 fully saturated rings. The van der Waals surface area contributed by atoms with E-state index in [-0.39, 0.29) is 44.0 Å². The molecule has 10 nitrogen and oxygen atoms in total. The molecule has 1 aromatic heterocycles. The number of alkyl halides is 3. The molecule has 0 radical (unpaired) electrons. The molecule has 0 aliphatic carbocycles. The predicted molar refractivity (Wildman–Crippen MR) is 150 cm³/mol. The van der Waals surface area contributed by atoms with Crippen molar-refractivity contribution in [3.63, 3.8) is 0 Å². The van der Waals surface area contributed by atoms with Crippen LogP contribution >= 0.6 is 0 Å². The average molecular weight is 652 g/mol. The van der Waals surface area contributed by atoms with E-state index in [1.807, 2.05) is 30.3 Å². The molecule has 3 heterocycles. The van der Waals surface area contributed by atoms with E-state index in [0.717, 1.165) is 10.1 Å². The number of aromatic nitrogens is 3. The first-order valence-electron chi connectivity index (χ1n) is 14.6.